The highest BCUT2D eigenvalue weighted by Crippen LogP contribution is 2.20. The molecule has 10 nitrogen and oxygen atoms in total. The van der Waals surface area contributed by atoms with Gasteiger partial charge in [-0.1, -0.05) is 36.1 Å². The molecule has 3 aliphatic rings. The fourth-order valence-electron chi connectivity index (χ4n) is 5.62. The van der Waals surface area contributed by atoms with Crippen LogP contribution in [0.25, 0.3) is 0 Å². The Balaban J connectivity index is 1.11. The molecule has 3 heterocycles. The number of urea groups is 1. The van der Waals surface area contributed by atoms with E-state index < -0.39 is 30.3 Å². The number of benzene rings is 2. The molecule has 0 aliphatic carbocycles. The Kier molecular flexibility index (Phi) is 10.3. The summed E-state index contributed by atoms with van der Waals surface area (Å²) in [4.78, 5) is 41.9. The first-order valence-electron chi connectivity index (χ1n) is 14.8. The lowest BCUT2D eigenvalue weighted by molar-refractivity contribution is -0.125. The van der Waals surface area contributed by atoms with Crippen LogP contribution in [0.3, 0.4) is 0 Å². The van der Waals surface area contributed by atoms with Gasteiger partial charge in [-0.05, 0) is 41.8 Å². The van der Waals surface area contributed by atoms with Crippen LogP contribution in [0.4, 0.5) is 9.18 Å². The molecule has 11 heteroatoms. The maximum absolute atomic E-state index is 13.5. The van der Waals surface area contributed by atoms with Crippen LogP contribution < -0.4 is 21.3 Å². The molecule has 0 radical (unpaired) electrons. The van der Waals surface area contributed by atoms with Gasteiger partial charge in [0.1, 0.15) is 12.2 Å². The summed E-state index contributed by atoms with van der Waals surface area (Å²) in [6.07, 6.45) is -0.654. The summed E-state index contributed by atoms with van der Waals surface area (Å²) in [5, 5.41) is 11.2. The highest BCUT2D eigenvalue weighted by molar-refractivity contribution is 5.88. The molecular weight excluding hydrogens is 551 g/mol. The molecule has 0 bridgehead atoms. The molecule has 4 amide bonds. The average molecular weight is 591 g/mol. The van der Waals surface area contributed by atoms with Gasteiger partial charge in [-0.15, -0.1) is 0 Å². The molecule has 3 fully saturated rings. The number of carbonyl (C=O) groups excluding carboxylic acids is 3. The number of amides is 4. The van der Waals surface area contributed by atoms with Crippen LogP contribution in [0.1, 0.15) is 35.1 Å². The zero-order chi connectivity index (χ0) is 30.2. The maximum Gasteiger partial charge on any atom is 0.317 e. The third-order valence-electron chi connectivity index (χ3n) is 8.05. The van der Waals surface area contributed by atoms with Crippen molar-refractivity contribution in [2.75, 3.05) is 46.4 Å². The Hall–Kier alpha value is -3.98. The lowest BCUT2D eigenvalue weighted by Gasteiger charge is -2.26. The number of nitrogens with one attached hydrogen (secondary N) is 4. The summed E-state index contributed by atoms with van der Waals surface area (Å²) in [6.45, 7) is 5.03. The van der Waals surface area contributed by atoms with Crippen LogP contribution in [0.15, 0.2) is 48.5 Å². The minimum atomic E-state index is -1.05. The lowest BCUT2D eigenvalue weighted by Crippen LogP contribution is -2.49. The monoisotopic (exact) mass is 590 g/mol. The molecule has 2 aromatic rings. The van der Waals surface area contributed by atoms with Gasteiger partial charge in [0.05, 0.1) is 19.3 Å². The predicted octanol–water partition coefficient (Wildman–Crippen LogP) is 1.13. The minimum Gasteiger partial charge on any atom is -0.379 e. The first-order valence-corrected chi connectivity index (χ1v) is 14.8. The molecule has 5 rings (SSSR count). The van der Waals surface area contributed by atoms with Crippen LogP contribution in [-0.2, 0) is 27.4 Å². The maximum atomic E-state index is 13.5. The standard InChI is InChI=1S/C32H39FN6O4/c1-34-32(42)39-21-27(37-30(40)28-16-26(33)19-35-28)17-29(39)31(41)36-18-24-8-4-22(5-9-24)2-3-23-6-10-25(11-7-23)20-38-12-14-43-15-13-38/h4-11,26-29,35H,12-21H2,1H3,(H,34,42)(H,36,41)(H,37,40)/t26-,27+,28-,29+/m0/s1. The van der Waals surface area contributed by atoms with Crippen molar-refractivity contribution < 1.29 is 23.5 Å². The summed E-state index contributed by atoms with van der Waals surface area (Å²) in [7, 11) is 1.50. The molecule has 0 aromatic heterocycles. The second-order valence-electron chi connectivity index (χ2n) is 11.2. The molecule has 0 spiro atoms. The molecule has 43 heavy (non-hydrogen) atoms. The molecule has 4 atom stereocenters. The van der Waals surface area contributed by atoms with Crippen molar-refractivity contribution in [1.29, 1.82) is 0 Å². The van der Waals surface area contributed by atoms with E-state index in [0.717, 1.165) is 49.5 Å². The van der Waals surface area contributed by atoms with Crippen molar-refractivity contribution in [1.82, 2.24) is 31.1 Å². The van der Waals surface area contributed by atoms with Crippen LogP contribution in [0.5, 0.6) is 0 Å². The fraction of sp³-hybridized carbons (Fsp3) is 0.469. The molecule has 2 aromatic carbocycles. The summed E-state index contributed by atoms with van der Waals surface area (Å²) in [5.74, 6) is 5.78. The summed E-state index contributed by atoms with van der Waals surface area (Å²) in [6, 6.07) is 13.8. The minimum absolute atomic E-state index is 0.120. The number of alkyl halides is 1. The molecule has 228 valence electrons. The van der Waals surface area contributed by atoms with Gasteiger partial charge in [0, 0.05) is 69.9 Å². The second-order valence-corrected chi connectivity index (χ2v) is 11.2. The van der Waals surface area contributed by atoms with E-state index in [0.29, 0.717) is 0 Å². The zero-order valence-corrected chi connectivity index (χ0v) is 24.4. The number of halogens is 1. The van der Waals surface area contributed by atoms with Crippen LogP contribution in [0.2, 0.25) is 0 Å². The van der Waals surface area contributed by atoms with Crippen molar-refractivity contribution in [2.45, 2.75) is 50.2 Å². The third-order valence-corrected chi connectivity index (χ3v) is 8.05. The van der Waals surface area contributed by atoms with Gasteiger partial charge in [-0.2, -0.15) is 0 Å². The van der Waals surface area contributed by atoms with Crippen molar-refractivity contribution in [3.63, 3.8) is 0 Å². The van der Waals surface area contributed by atoms with Gasteiger partial charge in [-0.25, -0.2) is 9.18 Å². The van der Waals surface area contributed by atoms with Gasteiger partial charge in [0.25, 0.3) is 0 Å². The molecule has 4 N–H and O–H groups in total. The van der Waals surface area contributed by atoms with Gasteiger partial charge < -0.3 is 30.9 Å². The SMILES string of the molecule is CNC(=O)N1C[C@H](NC(=O)[C@@H]2C[C@H](F)CN2)C[C@@H]1C(=O)NCc1ccc(C#Cc2ccc(CN3CCOCC3)cc2)cc1. The van der Waals surface area contributed by atoms with E-state index >= 15 is 0 Å². The topological polar surface area (TPSA) is 115 Å². The van der Waals surface area contributed by atoms with E-state index in [9.17, 15) is 18.8 Å². The van der Waals surface area contributed by atoms with Crippen LogP contribution in [0, 0.1) is 11.8 Å². The first-order chi connectivity index (χ1) is 20.9. The van der Waals surface area contributed by atoms with E-state index in [2.05, 4.69) is 50.1 Å². The average Bonchev–Trinajstić information content (AvgIpc) is 3.66. The zero-order valence-electron chi connectivity index (χ0n) is 24.4. The number of likely N-dealkylation sites (tertiary alicyclic amines) is 1. The Labute approximate surface area is 251 Å². The van der Waals surface area contributed by atoms with E-state index in [1.54, 1.807) is 0 Å². The Bertz CT molecular complexity index is 1340. The van der Waals surface area contributed by atoms with Crippen LogP contribution in [-0.4, -0.2) is 98.4 Å². The van der Waals surface area contributed by atoms with Gasteiger partial charge >= 0.3 is 6.03 Å². The number of morpholine rings is 1. The molecule has 3 aliphatic heterocycles. The van der Waals surface area contributed by atoms with Gasteiger partial charge in [0.2, 0.25) is 11.8 Å². The van der Waals surface area contributed by atoms with Crippen molar-refractivity contribution in [2.24, 2.45) is 0 Å². The Morgan fingerprint density at radius 1 is 0.953 bits per heavy atom. The lowest BCUT2D eigenvalue weighted by atomic mass is 10.1. The molecular formula is C32H39FN6O4. The Morgan fingerprint density at radius 3 is 2.21 bits per heavy atom. The molecule has 0 unspecified atom stereocenters. The van der Waals surface area contributed by atoms with E-state index in [1.807, 2.05) is 36.4 Å². The predicted molar refractivity (Wildman–Crippen MR) is 160 cm³/mol. The third kappa shape index (κ3) is 8.32. The normalized spacial score (nSPS) is 23.7. The first kappa shape index (κ1) is 30.5. The fourth-order valence-corrected chi connectivity index (χ4v) is 5.62. The van der Waals surface area contributed by atoms with Crippen molar-refractivity contribution in [3.05, 3.63) is 70.8 Å². The summed E-state index contributed by atoms with van der Waals surface area (Å²) >= 11 is 0. The highest BCUT2D eigenvalue weighted by Gasteiger charge is 2.41. The number of hydrogen-bond acceptors (Lipinski definition) is 6. The number of hydrogen-bond donors (Lipinski definition) is 4. The smallest absolute Gasteiger partial charge is 0.317 e. The Morgan fingerprint density at radius 2 is 1.60 bits per heavy atom. The largest absolute Gasteiger partial charge is 0.379 e. The number of nitrogens with zero attached hydrogens (tertiary/aromatic N) is 2. The quantitative estimate of drug-likeness (QED) is 0.360. The van der Waals surface area contributed by atoms with Gasteiger partial charge in [0.15, 0.2) is 0 Å². The van der Waals surface area contributed by atoms with Gasteiger partial charge in [-0.3, -0.25) is 14.5 Å². The van der Waals surface area contributed by atoms with E-state index in [1.165, 1.54) is 17.5 Å². The van der Waals surface area contributed by atoms with Crippen LogP contribution >= 0.6 is 0 Å². The second kappa shape index (κ2) is 14.5. The number of ether oxygens (including phenoxy) is 1. The summed E-state index contributed by atoms with van der Waals surface area (Å²) < 4.78 is 18.9. The molecule has 0 saturated carbocycles. The number of carbonyl (C=O) groups is 3. The highest BCUT2D eigenvalue weighted by atomic mass is 19.1. The summed E-state index contributed by atoms with van der Waals surface area (Å²) in [5.41, 5.74) is 3.96. The van der Waals surface area contributed by atoms with Crippen molar-refractivity contribution >= 4 is 17.8 Å². The van der Waals surface area contributed by atoms with Crippen molar-refractivity contribution in [3.8, 4) is 11.8 Å². The van der Waals surface area contributed by atoms with E-state index in [4.69, 9.17) is 4.74 Å². The van der Waals surface area contributed by atoms with E-state index in [-0.39, 0.29) is 44.3 Å². The molecule has 3 saturated heterocycles. The number of rotatable bonds is 7.